The second-order valence-electron chi connectivity index (χ2n) is 5.61. The van der Waals surface area contributed by atoms with Gasteiger partial charge in [0.25, 0.3) is 11.5 Å². The van der Waals surface area contributed by atoms with E-state index in [1.54, 1.807) is 12.1 Å². The molecule has 0 aliphatic carbocycles. The molecule has 0 bridgehead atoms. The summed E-state index contributed by atoms with van der Waals surface area (Å²) < 4.78 is 11.1. The molecule has 10 nitrogen and oxygen atoms in total. The van der Waals surface area contributed by atoms with Crippen molar-refractivity contribution in [1.82, 2.24) is 14.9 Å². The minimum Gasteiger partial charge on any atom is -0.493 e. The summed E-state index contributed by atoms with van der Waals surface area (Å²) in [6, 6.07) is 3.76. The van der Waals surface area contributed by atoms with E-state index in [1.165, 1.54) is 27.3 Å². The lowest BCUT2D eigenvalue weighted by atomic mass is 10.0. The van der Waals surface area contributed by atoms with Crippen molar-refractivity contribution < 1.29 is 24.2 Å². The number of nitrogens with one attached hydrogen (secondary N) is 2. The summed E-state index contributed by atoms with van der Waals surface area (Å²) in [5.74, 6) is -1.16. The van der Waals surface area contributed by atoms with Gasteiger partial charge in [-0.25, -0.2) is 4.79 Å². The molecule has 1 aromatic carbocycles. The number of hydrogen-bond donors (Lipinski definition) is 3. The molecule has 0 aliphatic rings. The summed E-state index contributed by atoms with van der Waals surface area (Å²) in [6.45, 7) is 0. The van der Waals surface area contributed by atoms with Crippen LogP contribution in [0.2, 0.25) is 0 Å². The second kappa shape index (κ2) is 8.21. The maximum Gasteiger partial charge on any atom is 0.328 e. The molecule has 2 rings (SSSR count). The van der Waals surface area contributed by atoms with E-state index in [2.05, 4.69) is 10.3 Å². The van der Waals surface area contributed by atoms with Crippen molar-refractivity contribution in [3.8, 4) is 11.5 Å². The highest BCUT2D eigenvalue weighted by Gasteiger charge is 2.22. The van der Waals surface area contributed by atoms with E-state index in [0.717, 1.165) is 10.8 Å². The second-order valence-corrected chi connectivity index (χ2v) is 5.61. The first kappa shape index (κ1) is 19.8. The van der Waals surface area contributed by atoms with Gasteiger partial charge in [-0.3, -0.25) is 19.0 Å². The molecule has 1 unspecified atom stereocenters. The fraction of sp³-hybridized carbons (Fsp3) is 0.294. The van der Waals surface area contributed by atoms with Crippen LogP contribution in [0, 0.1) is 0 Å². The Bertz CT molecular complexity index is 977. The number of amides is 1. The molecule has 2 aromatic rings. The van der Waals surface area contributed by atoms with Crippen LogP contribution in [0.1, 0.15) is 28.4 Å². The Morgan fingerprint density at radius 3 is 2.48 bits per heavy atom. The van der Waals surface area contributed by atoms with E-state index in [9.17, 15) is 24.3 Å². The van der Waals surface area contributed by atoms with Crippen LogP contribution >= 0.6 is 0 Å². The smallest absolute Gasteiger partial charge is 0.328 e. The van der Waals surface area contributed by atoms with E-state index in [4.69, 9.17) is 9.47 Å². The van der Waals surface area contributed by atoms with Gasteiger partial charge in [0, 0.05) is 13.2 Å². The van der Waals surface area contributed by atoms with Crippen molar-refractivity contribution in [2.45, 2.75) is 12.5 Å². The molecular weight excluding hydrogens is 358 g/mol. The summed E-state index contributed by atoms with van der Waals surface area (Å²) in [5, 5.41) is 11.7. The zero-order valence-electron chi connectivity index (χ0n) is 14.9. The first-order valence-electron chi connectivity index (χ1n) is 7.81. The fourth-order valence-electron chi connectivity index (χ4n) is 2.46. The highest BCUT2D eigenvalue weighted by Crippen LogP contribution is 2.31. The minimum absolute atomic E-state index is 0.312. The lowest BCUT2D eigenvalue weighted by molar-refractivity contribution is -0.137. The summed E-state index contributed by atoms with van der Waals surface area (Å²) in [7, 11) is 4.11. The van der Waals surface area contributed by atoms with E-state index < -0.39 is 35.6 Å². The standard InChI is InChI=1S/C17H19N3O7/c1-20-16(24)10(8-18-17(20)25)15(23)19-11(7-14(21)22)9-4-5-12(26-2)13(6-9)27-3/h4-6,8,11H,7H2,1-3H3,(H,18,25)(H,19,23)(H,21,22). The third-order valence-electron chi connectivity index (χ3n) is 3.92. The number of carboxylic acids is 1. The Morgan fingerprint density at radius 1 is 1.22 bits per heavy atom. The van der Waals surface area contributed by atoms with Crippen molar-refractivity contribution in [3.63, 3.8) is 0 Å². The number of carboxylic acid groups (broad SMARTS) is 1. The van der Waals surface area contributed by atoms with Gasteiger partial charge in [-0.15, -0.1) is 0 Å². The molecule has 0 aliphatic heterocycles. The maximum atomic E-state index is 12.5. The molecule has 0 saturated heterocycles. The minimum atomic E-state index is -1.15. The van der Waals surface area contributed by atoms with Crippen LogP contribution in [-0.2, 0) is 11.8 Å². The van der Waals surface area contributed by atoms with Gasteiger partial charge in [0.1, 0.15) is 5.56 Å². The average molecular weight is 377 g/mol. The summed E-state index contributed by atoms with van der Waals surface area (Å²) in [5.41, 5.74) is -1.33. The Balaban J connectivity index is 2.39. The number of carbonyl (C=O) groups is 2. The third kappa shape index (κ3) is 4.35. The van der Waals surface area contributed by atoms with Gasteiger partial charge >= 0.3 is 11.7 Å². The fourth-order valence-corrected chi connectivity index (χ4v) is 2.46. The van der Waals surface area contributed by atoms with Crippen LogP contribution in [0.3, 0.4) is 0 Å². The zero-order chi connectivity index (χ0) is 20.1. The number of benzene rings is 1. The highest BCUT2D eigenvalue weighted by molar-refractivity contribution is 5.94. The number of rotatable bonds is 7. The number of aromatic nitrogens is 2. The Hall–Kier alpha value is -3.56. The maximum absolute atomic E-state index is 12.5. The summed E-state index contributed by atoms with van der Waals surface area (Å²) in [6.07, 6.45) is 0.567. The first-order chi connectivity index (χ1) is 12.8. The number of aliphatic carboxylic acids is 1. The number of aromatic amines is 1. The molecule has 0 fully saturated rings. The lowest BCUT2D eigenvalue weighted by Crippen LogP contribution is -2.40. The van der Waals surface area contributed by atoms with Crippen LogP contribution in [0.4, 0.5) is 0 Å². The number of carbonyl (C=O) groups excluding carboxylic acids is 1. The van der Waals surface area contributed by atoms with Gasteiger partial charge in [-0.1, -0.05) is 6.07 Å². The molecule has 10 heteroatoms. The largest absolute Gasteiger partial charge is 0.493 e. The molecule has 144 valence electrons. The number of methoxy groups -OCH3 is 2. The van der Waals surface area contributed by atoms with Crippen molar-refractivity contribution in [3.05, 3.63) is 56.4 Å². The molecule has 1 amide bonds. The molecule has 0 radical (unpaired) electrons. The molecule has 1 aromatic heterocycles. The van der Waals surface area contributed by atoms with Gasteiger partial charge in [0.05, 0.1) is 26.7 Å². The quantitative estimate of drug-likeness (QED) is 0.619. The van der Waals surface area contributed by atoms with Crippen LogP contribution in [-0.4, -0.2) is 40.8 Å². The molecule has 1 heterocycles. The number of nitrogens with zero attached hydrogens (tertiary/aromatic N) is 1. The van der Waals surface area contributed by atoms with Gasteiger partial charge in [-0.05, 0) is 17.7 Å². The zero-order valence-corrected chi connectivity index (χ0v) is 14.9. The van der Waals surface area contributed by atoms with Crippen molar-refractivity contribution >= 4 is 11.9 Å². The lowest BCUT2D eigenvalue weighted by Gasteiger charge is -2.19. The Morgan fingerprint density at radius 2 is 1.89 bits per heavy atom. The normalized spacial score (nSPS) is 11.5. The molecule has 0 spiro atoms. The van der Waals surface area contributed by atoms with Gasteiger partial charge in [0.15, 0.2) is 11.5 Å². The molecular formula is C17H19N3O7. The van der Waals surface area contributed by atoms with E-state index in [-0.39, 0.29) is 5.56 Å². The number of H-pyrrole nitrogens is 1. The predicted molar refractivity (Wildman–Crippen MR) is 94.3 cm³/mol. The van der Waals surface area contributed by atoms with E-state index in [0.29, 0.717) is 17.1 Å². The topological polar surface area (TPSA) is 140 Å². The van der Waals surface area contributed by atoms with Crippen molar-refractivity contribution in [1.29, 1.82) is 0 Å². The average Bonchev–Trinajstić information content (AvgIpc) is 2.64. The monoisotopic (exact) mass is 377 g/mol. The van der Waals surface area contributed by atoms with Crippen molar-refractivity contribution in [2.75, 3.05) is 14.2 Å². The van der Waals surface area contributed by atoms with Gasteiger partial charge in [0.2, 0.25) is 0 Å². The molecule has 1 atom stereocenters. The van der Waals surface area contributed by atoms with E-state index >= 15 is 0 Å². The Labute approximate surface area is 153 Å². The summed E-state index contributed by atoms with van der Waals surface area (Å²) >= 11 is 0. The third-order valence-corrected chi connectivity index (χ3v) is 3.92. The first-order valence-corrected chi connectivity index (χ1v) is 7.81. The van der Waals surface area contributed by atoms with Crippen LogP contribution < -0.4 is 26.0 Å². The molecule has 27 heavy (non-hydrogen) atoms. The van der Waals surface area contributed by atoms with Crippen LogP contribution in [0.5, 0.6) is 11.5 Å². The SMILES string of the molecule is COc1ccc(C(CC(=O)O)NC(=O)c2c[nH]c(=O)n(C)c2=O)cc1OC. The Kier molecular flexibility index (Phi) is 6.01. The van der Waals surface area contributed by atoms with Gasteiger partial charge < -0.3 is 24.9 Å². The predicted octanol–water partition coefficient (Wildman–Crippen LogP) is 0.0366. The highest BCUT2D eigenvalue weighted by atomic mass is 16.5. The number of hydrogen-bond acceptors (Lipinski definition) is 6. The molecule has 0 saturated carbocycles. The van der Waals surface area contributed by atoms with Crippen LogP contribution in [0.15, 0.2) is 34.0 Å². The summed E-state index contributed by atoms with van der Waals surface area (Å²) in [4.78, 5) is 49.5. The molecule has 3 N–H and O–H groups in total. The van der Waals surface area contributed by atoms with Gasteiger partial charge in [-0.2, -0.15) is 0 Å². The number of ether oxygens (including phenoxy) is 2. The van der Waals surface area contributed by atoms with E-state index in [1.807, 2.05) is 0 Å². The van der Waals surface area contributed by atoms with Crippen molar-refractivity contribution in [2.24, 2.45) is 7.05 Å². The van der Waals surface area contributed by atoms with Crippen LogP contribution in [0.25, 0.3) is 0 Å².